The van der Waals surface area contributed by atoms with E-state index in [1.807, 2.05) is 30.3 Å². The summed E-state index contributed by atoms with van der Waals surface area (Å²) in [6.45, 7) is 1.73. The summed E-state index contributed by atoms with van der Waals surface area (Å²) in [6, 6.07) is 12.7. The lowest BCUT2D eigenvalue weighted by molar-refractivity contribution is -0.263. The standard InChI is InChI=1S/C28H34N4O6/c1-27(36)32(17-24(33)31-14-6-8-21(31)16-19-7-4-5-9-23(19)37-3)25(34)28(38-27)13-12-18-15-20(10-11-22(18)28)30-26(35)29-2/h4-5,7,9-11,15,21,36H,6,8,12-14,16-17H2,1-3H3,(H2,29,30,35)/t21?,27?,28-/m1/s1. The van der Waals surface area contributed by atoms with Crippen molar-refractivity contribution in [1.82, 2.24) is 15.1 Å². The number of rotatable bonds is 6. The second kappa shape index (κ2) is 9.92. The molecule has 2 aromatic carbocycles. The fourth-order valence-corrected chi connectivity index (χ4v) is 6.02. The van der Waals surface area contributed by atoms with Crippen LogP contribution in [-0.2, 0) is 32.8 Å². The van der Waals surface area contributed by atoms with E-state index in [0.29, 0.717) is 37.1 Å². The number of amides is 4. The molecule has 0 saturated carbocycles. The van der Waals surface area contributed by atoms with Gasteiger partial charge in [-0.3, -0.25) is 14.5 Å². The molecule has 0 radical (unpaired) electrons. The van der Waals surface area contributed by atoms with Crippen molar-refractivity contribution >= 4 is 23.5 Å². The Hall–Kier alpha value is -3.63. The van der Waals surface area contributed by atoms with Gasteiger partial charge < -0.3 is 30.1 Å². The number of hydrogen-bond donors (Lipinski definition) is 3. The molecule has 2 saturated heterocycles. The summed E-state index contributed by atoms with van der Waals surface area (Å²) in [6.07, 6.45) is 3.26. The first-order valence-corrected chi connectivity index (χ1v) is 13.0. The van der Waals surface area contributed by atoms with Gasteiger partial charge in [-0.15, -0.1) is 0 Å². The Labute approximate surface area is 221 Å². The highest BCUT2D eigenvalue weighted by atomic mass is 16.7. The van der Waals surface area contributed by atoms with Crippen molar-refractivity contribution in [2.75, 3.05) is 32.6 Å². The number of nitrogens with one attached hydrogen (secondary N) is 2. The molecule has 38 heavy (non-hydrogen) atoms. The minimum absolute atomic E-state index is 0.0187. The number of carbonyl (C=O) groups excluding carboxylic acids is 3. The van der Waals surface area contributed by atoms with E-state index < -0.39 is 17.4 Å². The Balaban J connectivity index is 1.33. The monoisotopic (exact) mass is 522 g/mol. The maximum Gasteiger partial charge on any atom is 0.318 e. The highest BCUT2D eigenvalue weighted by molar-refractivity contribution is 5.94. The van der Waals surface area contributed by atoms with E-state index in [1.165, 1.54) is 14.0 Å². The zero-order chi connectivity index (χ0) is 27.1. The third-order valence-electron chi connectivity index (χ3n) is 7.87. The number of likely N-dealkylation sites (tertiary alicyclic amines) is 1. The van der Waals surface area contributed by atoms with E-state index in [2.05, 4.69) is 10.6 Å². The molecule has 2 unspecified atom stereocenters. The second-order valence-corrected chi connectivity index (χ2v) is 10.2. The summed E-state index contributed by atoms with van der Waals surface area (Å²) in [5.74, 6) is -1.80. The summed E-state index contributed by atoms with van der Waals surface area (Å²) in [7, 11) is 3.16. The van der Waals surface area contributed by atoms with E-state index in [9.17, 15) is 19.5 Å². The van der Waals surface area contributed by atoms with Crippen LogP contribution in [0.3, 0.4) is 0 Å². The highest BCUT2D eigenvalue weighted by Gasteiger charge is 2.62. The van der Waals surface area contributed by atoms with Gasteiger partial charge in [0.25, 0.3) is 5.91 Å². The largest absolute Gasteiger partial charge is 0.496 e. The highest BCUT2D eigenvalue weighted by Crippen LogP contribution is 2.49. The SMILES string of the molecule is CNC(=O)Nc1ccc2c(c1)CC[C@@]21OC(C)(O)N(CC(=O)N2CCCC2Cc2ccccc2OC)C1=O. The van der Waals surface area contributed by atoms with Crippen LogP contribution in [0, 0.1) is 0 Å². The second-order valence-electron chi connectivity index (χ2n) is 10.2. The first-order valence-electron chi connectivity index (χ1n) is 13.0. The number of fused-ring (bicyclic) bond motifs is 2. The summed E-state index contributed by atoms with van der Waals surface area (Å²) < 4.78 is 11.5. The smallest absolute Gasteiger partial charge is 0.318 e. The average Bonchev–Trinajstić information content (AvgIpc) is 3.56. The van der Waals surface area contributed by atoms with Crippen LogP contribution in [0.4, 0.5) is 10.5 Å². The molecule has 4 amide bonds. The fraction of sp³-hybridized carbons (Fsp3) is 0.464. The first kappa shape index (κ1) is 26.0. The molecule has 3 N–H and O–H groups in total. The minimum atomic E-state index is -1.94. The van der Waals surface area contributed by atoms with Crippen LogP contribution in [0.15, 0.2) is 42.5 Å². The number of nitrogens with zero attached hydrogens (tertiary/aromatic N) is 2. The minimum Gasteiger partial charge on any atom is -0.496 e. The molecular weight excluding hydrogens is 488 g/mol. The van der Waals surface area contributed by atoms with Crippen LogP contribution in [0.25, 0.3) is 0 Å². The summed E-state index contributed by atoms with van der Waals surface area (Å²) in [4.78, 5) is 42.0. The predicted octanol–water partition coefficient (Wildman–Crippen LogP) is 2.35. The molecular formula is C28H34N4O6. The third-order valence-corrected chi connectivity index (χ3v) is 7.87. The van der Waals surface area contributed by atoms with Crippen LogP contribution < -0.4 is 15.4 Å². The molecule has 202 valence electrons. The van der Waals surface area contributed by atoms with Crippen molar-refractivity contribution in [2.45, 2.75) is 56.6 Å². The Bertz CT molecular complexity index is 1260. The topological polar surface area (TPSA) is 120 Å². The van der Waals surface area contributed by atoms with E-state index in [-0.39, 0.29) is 24.5 Å². The van der Waals surface area contributed by atoms with Gasteiger partial charge in [0.1, 0.15) is 12.3 Å². The lowest BCUT2D eigenvalue weighted by Crippen LogP contribution is -2.51. The molecule has 2 fully saturated rings. The van der Waals surface area contributed by atoms with Crippen LogP contribution >= 0.6 is 0 Å². The van der Waals surface area contributed by atoms with Crippen LogP contribution in [0.2, 0.25) is 0 Å². The Morgan fingerprint density at radius 2 is 2.03 bits per heavy atom. The molecule has 5 rings (SSSR count). The Kier molecular flexibility index (Phi) is 6.79. The maximum atomic E-state index is 13.8. The van der Waals surface area contributed by atoms with E-state index in [1.54, 1.807) is 24.1 Å². The number of benzene rings is 2. The lowest BCUT2D eigenvalue weighted by atomic mass is 9.94. The molecule has 2 heterocycles. The summed E-state index contributed by atoms with van der Waals surface area (Å²) in [5, 5.41) is 16.4. The lowest BCUT2D eigenvalue weighted by Gasteiger charge is -2.31. The van der Waals surface area contributed by atoms with Gasteiger partial charge in [-0.2, -0.15) is 0 Å². The number of urea groups is 1. The maximum absolute atomic E-state index is 13.8. The van der Waals surface area contributed by atoms with Crippen molar-refractivity contribution in [3.05, 3.63) is 59.2 Å². The molecule has 10 nitrogen and oxygen atoms in total. The predicted molar refractivity (Wildman–Crippen MR) is 139 cm³/mol. The number of carbonyl (C=O) groups is 3. The third kappa shape index (κ3) is 4.48. The van der Waals surface area contributed by atoms with E-state index >= 15 is 0 Å². The number of para-hydroxylation sites is 1. The van der Waals surface area contributed by atoms with Gasteiger partial charge >= 0.3 is 6.03 Å². The van der Waals surface area contributed by atoms with Crippen molar-refractivity contribution < 1.29 is 29.0 Å². The zero-order valence-electron chi connectivity index (χ0n) is 22.0. The van der Waals surface area contributed by atoms with Gasteiger partial charge in [-0.05, 0) is 67.0 Å². The van der Waals surface area contributed by atoms with Crippen LogP contribution in [-0.4, -0.2) is 72.0 Å². The van der Waals surface area contributed by atoms with Crippen LogP contribution in [0.5, 0.6) is 5.75 Å². The molecule has 3 aliphatic rings. The van der Waals surface area contributed by atoms with Gasteiger partial charge in [0, 0.05) is 32.2 Å². The molecule has 0 bridgehead atoms. The molecule has 3 atom stereocenters. The number of aliphatic hydroxyl groups is 1. The van der Waals surface area contributed by atoms with Gasteiger partial charge in [0.15, 0.2) is 5.60 Å². The summed E-state index contributed by atoms with van der Waals surface area (Å²) in [5.41, 5.74) is 1.76. The number of ether oxygens (including phenoxy) is 2. The zero-order valence-corrected chi connectivity index (χ0v) is 22.0. The van der Waals surface area contributed by atoms with Crippen molar-refractivity contribution in [2.24, 2.45) is 0 Å². The Morgan fingerprint density at radius 3 is 2.79 bits per heavy atom. The van der Waals surface area contributed by atoms with E-state index in [0.717, 1.165) is 34.6 Å². The van der Waals surface area contributed by atoms with Gasteiger partial charge in [0.05, 0.1) is 7.11 Å². The van der Waals surface area contributed by atoms with E-state index in [4.69, 9.17) is 9.47 Å². The molecule has 2 aliphatic heterocycles. The molecule has 1 aliphatic carbocycles. The Morgan fingerprint density at radius 1 is 1.24 bits per heavy atom. The number of aryl methyl sites for hydroxylation is 1. The molecule has 1 spiro atoms. The van der Waals surface area contributed by atoms with Gasteiger partial charge in [0.2, 0.25) is 11.8 Å². The van der Waals surface area contributed by atoms with Crippen LogP contribution in [0.1, 0.15) is 42.9 Å². The number of anilines is 1. The normalized spacial score (nSPS) is 26.1. The number of methoxy groups -OCH3 is 1. The molecule has 2 aromatic rings. The van der Waals surface area contributed by atoms with Gasteiger partial charge in [-0.1, -0.05) is 24.3 Å². The van der Waals surface area contributed by atoms with Crippen molar-refractivity contribution in [1.29, 1.82) is 0 Å². The number of hydrogen-bond acceptors (Lipinski definition) is 6. The van der Waals surface area contributed by atoms with Crippen molar-refractivity contribution in [3.63, 3.8) is 0 Å². The van der Waals surface area contributed by atoms with Gasteiger partial charge in [-0.25, -0.2) is 4.79 Å². The van der Waals surface area contributed by atoms with Crippen molar-refractivity contribution in [3.8, 4) is 5.75 Å². The molecule has 10 heteroatoms. The first-order chi connectivity index (χ1) is 18.2. The fourth-order valence-electron chi connectivity index (χ4n) is 6.02. The summed E-state index contributed by atoms with van der Waals surface area (Å²) >= 11 is 0. The molecule has 0 aromatic heterocycles. The quantitative estimate of drug-likeness (QED) is 0.536. The average molecular weight is 523 g/mol.